The highest BCUT2D eigenvalue weighted by molar-refractivity contribution is 6.34. The number of ether oxygens (including phenoxy) is 1. The lowest BCUT2D eigenvalue weighted by Gasteiger charge is -2.01. The van der Waals surface area contributed by atoms with E-state index in [4.69, 9.17) is 11.6 Å². The highest BCUT2D eigenvalue weighted by Gasteiger charge is 2.13. The number of nitrogens with zero attached hydrogens (tertiary/aromatic N) is 3. The molecule has 0 unspecified atom stereocenters. The van der Waals surface area contributed by atoms with Crippen molar-refractivity contribution in [1.82, 2.24) is 15.0 Å². The highest BCUT2D eigenvalue weighted by Crippen LogP contribution is 2.17. The second-order valence-corrected chi connectivity index (χ2v) is 3.06. The normalized spacial score (nSPS) is 10.3. The number of pyridine rings is 1. The molecule has 0 amide bonds. The molecule has 2 heterocycles. The minimum Gasteiger partial charge on any atom is -0.463 e. The van der Waals surface area contributed by atoms with Gasteiger partial charge in [-0.15, -0.1) is 0 Å². The lowest BCUT2D eigenvalue weighted by atomic mass is 10.3. The van der Waals surface area contributed by atoms with Gasteiger partial charge in [0, 0.05) is 6.20 Å². The van der Waals surface area contributed by atoms with Crippen molar-refractivity contribution in [1.29, 1.82) is 0 Å². The van der Waals surface area contributed by atoms with Gasteiger partial charge in [0.2, 0.25) is 5.82 Å². The standard InChI is InChI=1S/C9H6ClN3O2/c1-15-9(14)8-12-6(10)5-3-2-4-11-7(5)13-8/h2-4H,1H3. The van der Waals surface area contributed by atoms with E-state index >= 15 is 0 Å². The SMILES string of the molecule is COC(=O)c1nc(Cl)c2cccnc2n1. The average Bonchev–Trinajstić information content (AvgIpc) is 2.28. The van der Waals surface area contributed by atoms with Gasteiger partial charge in [-0.05, 0) is 12.1 Å². The number of carbonyl (C=O) groups excluding carboxylic acids is 1. The van der Waals surface area contributed by atoms with Crippen LogP contribution in [-0.2, 0) is 4.74 Å². The van der Waals surface area contributed by atoms with E-state index in [1.54, 1.807) is 18.3 Å². The Labute approximate surface area is 90.1 Å². The molecule has 0 spiro atoms. The number of carbonyl (C=O) groups is 1. The lowest BCUT2D eigenvalue weighted by Crippen LogP contribution is -2.08. The summed E-state index contributed by atoms with van der Waals surface area (Å²) in [6.07, 6.45) is 1.56. The Morgan fingerprint density at radius 1 is 1.47 bits per heavy atom. The van der Waals surface area contributed by atoms with Gasteiger partial charge in [-0.2, -0.15) is 0 Å². The van der Waals surface area contributed by atoms with Gasteiger partial charge in [0.1, 0.15) is 5.15 Å². The molecule has 0 bridgehead atoms. The summed E-state index contributed by atoms with van der Waals surface area (Å²) < 4.78 is 4.49. The molecule has 0 saturated heterocycles. The summed E-state index contributed by atoms with van der Waals surface area (Å²) in [6, 6.07) is 3.45. The van der Waals surface area contributed by atoms with Crippen molar-refractivity contribution in [2.75, 3.05) is 7.11 Å². The summed E-state index contributed by atoms with van der Waals surface area (Å²) in [5.74, 6) is -0.724. The minimum atomic E-state index is -0.635. The van der Waals surface area contributed by atoms with E-state index in [2.05, 4.69) is 19.7 Å². The predicted octanol–water partition coefficient (Wildman–Crippen LogP) is 1.46. The van der Waals surface area contributed by atoms with Crippen molar-refractivity contribution in [3.63, 3.8) is 0 Å². The van der Waals surface area contributed by atoms with Crippen LogP contribution in [0.3, 0.4) is 0 Å². The van der Waals surface area contributed by atoms with Crippen molar-refractivity contribution >= 4 is 28.6 Å². The maximum Gasteiger partial charge on any atom is 0.376 e. The number of methoxy groups -OCH3 is 1. The molecule has 0 radical (unpaired) electrons. The van der Waals surface area contributed by atoms with Crippen LogP contribution < -0.4 is 0 Å². The summed E-state index contributed by atoms with van der Waals surface area (Å²) in [6.45, 7) is 0. The van der Waals surface area contributed by atoms with Crippen LogP contribution in [0.4, 0.5) is 0 Å². The van der Waals surface area contributed by atoms with Crippen LogP contribution in [0.5, 0.6) is 0 Å². The third-order valence-corrected chi connectivity index (χ3v) is 2.08. The van der Waals surface area contributed by atoms with Crippen LogP contribution in [0, 0.1) is 0 Å². The number of aromatic nitrogens is 3. The Hall–Kier alpha value is -1.75. The van der Waals surface area contributed by atoms with E-state index in [0.29, 0.717) is 11.0 Å². The fourth-order valence-corrected chi connectivity index (χ4v) is 1.34. The number of halogens is 1. The minimum absolute atomic E-state index is 0.0892. The number of hydrogen-bond donors (Lipinski definition) is 0. The topological polar surface area (TPSA) is 65.0 Å². The fraction of sp³-hybridized carbons (Fsp3) is 0.111. The first-order valence-electron chi connectivity index (χ1n) is 4.09. The maximum absolute atomic E-state index is 11.2. The van der Waals surface area contributed by atoms with Crippen LogP contribution in [0.25, 0.3) is 11.0 Å². The van der Waals surface area contributed by atoms with Crippen molar-refractivity contribution in [3.8, 4) is 0 Å². The van der Waals surface area contributed by atoms with Crippen LogP contribution in [0.15, 0.2) is 18.3 Å². The zero-order valence-electron chi connectivity index (χ0n) is 7.77. The smallest absolute Gasteiger partial charge is 0.376 e. The summed E-state index contributed by atoms with van der Waals surface area (Å²) in [5.41, 5.74) is 0.373. The van der Waals surface area contributed by atoms with Gasteiger partial charge < -0.3 is 4.74 Å². The molecule has 2 aromatic heterocycles. The Bertz CT molecular complexity index is 530. The molecule has 2 aromatic rings. The molecule has 0 atom stereocenters. The van der Waals surface area contributed by atoms with Crippen LogP contribution >= 0.6 is 11.6 Å². The van der Waals surface area contributed by atoms with Gasteiger partial charge in [0.25, 0.3) is 0 Å². The summed E-state index contributed by atoms with van der Waals surface area (Å²) >= 11 is 5.86. The molecule has 0 N–H and O–H groups in total. The van der Waals surface area contributed by atoms with Crippen LogP contribution in [-0.4, -0.2) is 28.0 Å². The molecule has 0 aliphatic heterocycles. The number of esters is 1. The Morgan fingerprint density at radius 3 is 3.00 bits per heavy atom. The van der Waals surface area contributed by atoms with Crippen LogP contribution in [0.2, 0.25) is 5.15 Å². The maximum atomic E-state index is 11.2. The van der Waals surface area contributed by atoms with Crippen molar-refractivity contribution in [3.05, 3.63) is 29.3 Å². The molecule has 15 heavy (non-hydrogen) atoms. The van der Waals surface area contributed by atoms with E-state index in [1.165, 1.54) is 7.11 Å². The first kappa shape index (κ1) is 9.79. The molecule has 0 saturated carbocycles. The lowest BCUT2D eigenvalue weighted by molar-refractivity contribution is 0.0587. The number of hydrogen-bond acceptors (Lipinski definition) is 5. The Morgan fingerprint density at radius 2 is 2.27 bits per heavy atom. The van der Waals surface area contributed by atoms with E-state index < -0.39 is 5.97 Å². The van der Waals surface area contributed by atoms with Gasteiger partial charge >= 0.3 is 5.97 Å². The van der Waals surface area contributed by atoms with E-state index in [1.807, 2.05) is 0 Å². The molecule has 0 aliphatic rings. The molecular weight excluding hydrogens is 218 g/mol. The first-order chi connectivity index (χ1) is 7.22. The molecule has 6 heteroatoms. The molecule has 0 fully saturated rings. The second-order valence-electron chi connectivity index (χ2n) is 2.70. The third kappa shape index (κ3) is 1.73. The first-order valence-corrected chi connectivity index (χ1v) is 4.47. The van der Waals surface area contributed by atoms with Crippen molar-refractivity contribution in [2.24, 2.45) is 0 Å². The quantitative estimate of drug-likeness (QED) is 0.541. The zero-order valence-corrected chi connectivity index (χ0v) is 8.52. The van der Waals surface area contributed by atoms with Crippen molar-refractivity contribution in [2.45, 2.75) is 0 Å². The third-order valence-electron chi connectivity index (χ3n) is 1.79. The summed E-state index contributed by atoms with van der Waals surface area (Å²) in [4.78, 5) is 22.9. The molecular formula is C9H6ClN3O2. The van der Waals surface area contributed by atoms with Crippen LogP contribution in [0.1, 0.15) is 10.6 Å². The second kappa shape index (κ2) is 3.78. The molecule has 0 aliphatic carbocycles. The molecule has 5 nitrogen and oxygen atoms in total. The van der Waals surface area contributed by atoms with Gasteiger partial charge in [-0.25, -0.2) is 19.7 Å². The van der Waals surface area contributed by atoms with Crippen molar-refractivity contribution < 1.29 is 9.53 Å². The zero-order chi connectivity index (χ0) is 10.8. The van der Waals surface area contributed by atoms with Gasteiger partial charge in [-0.3, -0.25) is 0 Å². The van der Waals surface area contributed by atoms with E-state index in [0.717, 1.165) is 0 Å². The molecule has 0 aromatic carbocycles. The van der Waals surface area contributed by atoms with Gasteiger partial charge in [-0.1, -0.05) is 11.6 Å². The summed E-state index contributed by atoms with van der Waals surface area (Å²) in [7, 11) is 1.25. The molecule has 76 valence electrons. The van der Waals surface area contributed by atoms with E-state index in [-0.39, 0.29) is 11.0 Å². The average molecular weight is 224 g/mol. The Balaban J connectivity index is 2.67. The molecule has 2 rings (SSSR count). The van der Waals surface area contributed by atoms with Gasteiger partial charge in [0.05, 0.1) is 12.5 Å². The number of fused-ring (bicyclic) bond motifs is 1. The van der Waals surface area contributed by atoms with E-state index in [9.17, 15) is 4.79 Å². The fourth-order valence-electron chi connectivity index (χ4n) is 1.11. The summed E-state index contributed by atoms with van der Waals surface area (Å²) in [5, 5.41) is 0.792. The number of rotatable bonds is 1. The van der Waals surface area contributed by atoms with Gasteiger partial charge in [0.15, 0.2) is 5.65 Å². The predicted molar refractivity (Wildman–Crippen MR) is 53.7 cm³/mol. The monoisotopic (exact) mass is 223 g/mol. The highest BCUT2D eigenvalue weighted by atomic mass is 35.5. The Kier molecular flexibility index (Phi) is 2.47. The largest absolute Gasteiger partial charge is 0.463 e.